The van der Waals surface area contributed by atoms with Crippen molar-refractivity contribution >= 4 is 17.4 Å². The van der Waals surface area contributed by atoms with E-state index in [1.54, 1.807) is 11.8 Å². The van der Waals surface area contributed by atoms with Gasteiger partial charge < -0.3 is 5.73 Å². The Morgan fingerprint density at radius 1 is 0.933 bits per heavy atom. The van der Waals surface area contributed by atoms with E-state index in [4.69, 9.17) is 5.73 Å². The predicted molar refractivity (Wildman–Crippen MR) is 66.2 cm³/mol. The van der Waals surface area contributed by atoms with Crippen LogP contribution in [-0.4, -0.2) is 0 Å². The molecule has 0 aliphatic heterocycles. The van der Waals surface area contributed by atoms with Crippen molar-refractivity contribution in [3.8, 4) is 0 Å². The first-order chi connectivity index (χ1) is 7.25. The smallest absolute Gasteiger partial charge is 0.0355 e. The molecule has 0 atom stereocenters. The summed E-state index contributed by atoms with van der Waals surface area (Å²) >= 11 is 1.73. The van der Waals surface area contributed by atoms with E-state index in [0.29, 0.717) is 0 Å². The van der Waals surface area contributed by atoms with Crippen LogP contribution in [-0.2, 0) is 0 Å². The maximum absolute atomic E-state index is 5.86. The van der Waals surface area contributed by atoms with Crippen LogP contribution < -0.4 is 5.73 Å². The van der Waals surface area contributed by atoms with Crippen LogP contribution in [0, 0.1) is 6.92 Å². The summed E-state index contributed by atoms with van der Waals surface area (Å²) in [6.07, 6.45) is 0. The van der Waals surface area contributed by atoms with E-state index in [-0.39, 0.29) is 0 Å². The molecule has 0 aromatic heterocycles. The average Bonchev–Trinajstić information content (AvgIpc) is 2.25. The molecule has 0 aliphatic rings. The number of hydrogen-bond donors (Lipinski definition) is 1. The lowest BCUT2D eigenvalue weighted by molar-refractivity contribution is 1.36. The summed E-state index contributed by atoms with van der Waals surface area (Å²) < 4.78 is 0. The number of anilines is 1. The number of benzene rings is 2. The second-order valence-electron chi connectivity index (χ2n) is 3.43. The van der Waals surface area contributed by atoms with Crippen molar-refractivity contribution in [2.24, 2.45) is 0 Å². The summed E-state index contributed by atoms with van der Waals surface area (Å²) in [6, 6.07) is 16.5. The Morgan fingerprint density at radius 3 is 2.33 bits per heavy atom. The molecule has 0 heterocycles. The summed E-state index contributed by atoms with van der Waals surface area (Å²) in [5.41, 5.74) is 7.85. The molecule has 76 valence electrons. The Labute approximate surface area is 94.3 Å². The normalized spacial score (nSPS) is 10.2. The van der Waals surface area contributed by atoms with E-state index >= 15 is 0 Å². The second kappa shape index (κ2) is 4.41. The summed E-state index contributed by atoms with van der Waals surface area (Å²) in [5.74, 6) is 0. The Kier molecular flexibility index (Phi) is 2.97. The predicted octanol–water partition coefficient (Wildman–Crippen LogP) is 3.73. The van der Waals surface area contributed by atoms with E-state index in [9.17, 15) is 0 Å². The monoisotopic (exact) mass is 215 g/mol. The molecule has 0 bridgehead atoms. The van der Waals surface area contributed by atoms with Gasteiger partial charge in [-0.15, -0.1) is 0 Å². The molecule has 0 aliphatic carbocycles. The van der Waals surface area contributed by atoms with Gasteiger partial charge in [0.2, 0.25) is 0 Å². The van der Waals surface area contributed by atoms with Gasteiger partial charge in [-0.25, -0.2) is 0 Å². The maximum Gasteiger partial charge on any atom is 0.0355 e. The number of rotatable bonds is 2. The quantitative estimate of drug-likeness (QED) is 0.772. The van der Waals surface area contributed by atoms with Gasteiger partial charge in [0.1, 0.15) is 0 Å². The fourth-order valence-corrected chi connectivity index (χ4v) is 2.19. The lowest BCUT2D eigenvalue weighted by Crippen LogP contribution is -1.88. The van der Waals surface area contributed by atoms with Crippen molar-refractivity contribution in [2.75, 3.05) is 5.73 Å². The molecule has 2 rings (SSSR count). The third-order valence-corrected chi connectivity index (χ3v) is 3.23. The van der Waals surface area contributed by atoms with Gasteiger partial charge in [-0.3, -0.25) is 0 Å². The Morgan fingerprint density at radius 2 is 1.67 bits per heavy atom. The molecule has 0 unspecified atom stereocenters. The van der Waals surface area contributed by atoms with Gasteiger partial charge >= 0.3 is 0 Å². The largest absolute Gasteiger partial charge is 0.398 e. The summed E-state index contributed by atoms with van der Waals surface area (Å²) in [4.78, 5) is 2.42. The molecule has 0 saturated carbocycles. The van der Waals surface area contributed by atoms with Gasteiger partial charge in [0, 0.05) is 15.5 Å². The highest BCUT2D eigenvalue weighted by molar-refractivity contribution is 7.99. The molecule has 1 nitrogen and oxygen atoms in total. The number of hydrogen-bond acceptors (Lipinski definition) is 2. The summed E-state index contributed by atoms with van der Waals surface area (Å²) in [7, 11) is 0. The fourth-order valence-electron chi connectivity index (χ4n) is 1.31. The van der Waals surface area contributed by atoms with Crippen LogP contribution in [0.5, 0.6) is 0 Å². The summed E-state index contributed by atoms with van der Waals surface area (Å²) in [6.45, 7) is 2.02. The standard InChI is InChI=1S/C13H13NS/c1-10-7-8-12(9-13(10)14)15-11-5-3-2-4-6-11/h2-9H,14H2,1H3. The lowest BCUT2D eigenvalue weighted by Gasteiger charge is -2.04. The molecule has 2 aromatic rings. The minimum atomic E-state index is 0.857. The van der Waals surface area contributed by atoms with Crippen LogP contribution in [0.15, 0.2) is 58.3 Å². The molecular formula is C13H13NS. The maximum atomic E-state index is 5.86. The second-order valence-corrected chi connectivity index (χ2v) is 4.58. The van der Waals surface area contributed by atoms with E-state index in [2.05, 4.69) is 24.3 Å². The minimum Gasteiger partial charge on any atom is -0.398 e. The van der Waals surface area contributed by atoms with E-state index in [1.807, 2.05) is 31.2 Å². The Bertz CT molecular complexity index is 451. The van der Waals surface area contributed by atoms with Gasteiger partial charge in [-0.2, -0.15) is 0 Å². The highest BCUT2D eigenvalue weighted by Gasteiger charge is 1.98. The molecule has 2 aromatic carbocycles. The zero-order valence-electron chi connectivity index (χ0n) is 8.60. The van der Waals surface area contributed by atoms with Crippen LogP contribution in [0.25, 0.3) is 0 Å². The van der Waals surface area contributed by atoms with Crippen molar-refractivity contribution < 1.29 is 0 Å². The van der Waals surface area contributed by atoms with Gasteiger partial charge in [0.25, 0.3) is 0 Å². The molecule has 0 fully saturated rings. The first-order valence-electron chi connectivity index (χ1n) is 4.85. The van der Waals surface area contributed by atoms with Gasteiger partial charge in [0.15, 0.2) is 0 Å². The van der Waals surface area contributed by atoms with E-state index < -0.39 is 0 Å². The van der Waals surface area contributed by atoms with Gasteiger partial charge in [-0.1, -0.05) is 36.0 Å². The molecule has 0 spiro atoms. The van der Waals surface area contributed by atoms with Crippen molar-refractivity contribution in [1.82, 2.24) is 0 Å². The highest BCUT2D eigenvalue weighted by Crippen LogP contribution is 2.29. The molecule has 2 heteroatoms. The van der Waals surface area contributed by atoms with Crippen LogP contribution >= 0.6 is 11.8 Å². The van der Waals surface area contributed by atoms with Crippen LogP contribution in [0.4, 0.5) is 5.69 Å². The molecule has 0 amide bonds. The SMILES string of the molecule is Cc1ccc(Sc2ccccc2)cc1N. The fraction of sp³-hybridized carbons (Fsp3) is 0.0769. The van der Waals surface area contributed by atoms with Crippen molar-refractivity contribution in [1.29, 1.82) is 0 Å². The molecule has 0 saturated heterocycles. The number of nitrogens with two attached hydrogens (primary N) is 1. The Hall–Kier alpha value is -1.41. The average molecular weight is 215 g/mol. The lowest BCUT2D eigenvalue weighted by atomic mass is 10.2. The van der Waals surface area contributed by atoms with Crippen molar-refractivity contribution in [3.05, 3.63) is 54.1 Å². The highest BCUT2D eigenvalue weighted by atomic mass is 32.2. The van der Waals surface area contributed by atoms with Crippen LogP contribution in [0.2, 0.25) is 0 Å². The Balaban J connectivity index is 2.22. The number of nitrogen functional groups attached to an aromatic ring is 1. The minimum absolute atomic E-state index is 0.857. The van der Waals surface area contributed by atoms with Gasteiger partial charge in [-0.05, 0) is 36.8 Å². The third kappa shape index (κ3) is 2.54. The first-order valence-corrected chi connectivity index (χ1v) is 5.66. The first kappa shape index (κ1) is 10.1. The van der Waals surface area contributed by atoms with Gasteiger partial charge in [0.05, 0.1) is 0 Å². The molecule has 0 radical (unpaired) electrons. The van der Waals surface area contributed by atoms with E-state index in [0.717, 1.165) is 11.3 Å². The topological polar surface area (TPSA) is 26.0 Å². The molecule has 2 N–H and O–H groups in total. The third-order valence-electron chi connectivity index (χ3n) is 2.23. The van der Waals surface area contributed by atoms with Crippen molar-refractivity contribution in [3.63, 3.8) is 0 Å². The van der Waals surface area contributed by atoms with Crippen molar-refractivity contribution in [2.45, 2.75) is 16.7 Å². The van der Waals surface area contributed by atoms with Crippen LogP contribution in [0.3, 0.4) is 0 Å². The summed E-state index contributed by atoms with van der Waals surface area (Å²) in [5, 5.41) is 0. The zero-order valence-corrected chi connectivity index (χ0v) is 9.42. The molecule has 15 heavy (non-hydrogen) atoms. The van der Waals surface area contributed by atoms with Crippen LogP contribution in [0.1, 0.15) is 5.56 Å². The zero-order chi connectivity index (χ0) is 10.7. The molecular weight excluding hydrogens is 202 g/mol. The van der Waals surface area contributed by atoms with E-state index in [1.165, 1.54) is 9.79 Å². The number of aryl methyl sites for hydroxylation is 1.